The van der Waals surface area contributed by atoms with Crippen molar-refractivity contribution >= 4 is 23.4 Å². The number of hydrogen-bond acceptors (Lipinski definition) is 5. The first-order valence-electron chi connectivity index (χ1n) is 9.94. The van der Waals surface area contributed by atoms with Crippen LogP contribution in [-0.2, 0) is 10.9 Å². The number of pyridine rings is 1. The van der Waals surface area contributed by atoms with Crippen LogP contribution in [0.4, 0.5) is 29.3 Å². The van der Waals surface area contributed by atoms with Crippen LogP contribution in [0.5, 0.6) is 0 Å². The zero-order chi connectivity index (χ0) is 25.0. The van der Waals surface area contributed by atoms with Crippen LogP contribution < -0.4 is 21.9 Å². The Morgan fingerprint density at radius 3 is 2.50 bits per heavy atom. The minimum Gasteiger partial charge on any atom is -0.453 e. The van der Waals surface area contributed by atoms with Crippen molar-refractivity contribution in [3.05, 3.63) is 87.8 Å². The van der Waals surface area contributed by atoms with Crippen LogP contribution in [0.1, 0.15) is 34.5 Å². The highest BCUT2D eigenvalue weighted by molar-refractivity contribution is 5.94. The number of carbonyl (C=O) groups is 2. The Labute approximate surface area is 192 Å². The van der Waals surface area contributed by atoms with Gasteiger partial charge in [0.25, 0.3) is 11.5 Å². The Kier molecular flexibility index (Phi) is 6.94. The third-order valence-corrected chi connectivity index (χ3v) is 4.88. The van der Waals surface area contributed by atoms with Crippen LogP contribution in [0.15, 0.2) is 65.6 Å². The third kappa shape index (κ3) is 5.74. The van der Waals surface area contributed by atoms with E-state index in [1.807, 2.05) is 0 Å². The maximum Gasteiger partial charge on any atom is 0.416 e. The van der Waals surface area contributed by atoms with E-state index in [1.54, 1.807) is 18.2 Å². The van der Waals surface area contributed by atoms with Gasteiger partial charge in [0, 0.05) is 23.6 Å². The van der Waals surface area contributed by atoms with E-state index >= 15 is 0 Å². The van der Waals surface area contributed by atoms with E-state index in [4.69, 9.17) is 5.73 Å². The van der Waals surface area contributed by atoms with Crippen molar-refractivity contribution < 1.29 is 27.5 Å². The summed E-state index contributed by atoms with van der Waals surface area (Å²) in [6.07, 6.45) is -3.98. The average Bonchev–Trinajstić information content (AvgIpc) is 2.78. The summed E-state index contributed by atoms with van der Waals surface area (Å²) in [6.45, 7) is 1.52. The van der Waals surface area contributed by atoms with E-state index in [-0.39, 0.29) is 16.8 Å². The minimum atomic E-state index is -4.58. The van der Waals surface area contributed by atoms with Crippen LogP contribution in [0.25, 0.3) is 5.69 Å². The minimum absolute atomic E-state index is 0.0834. The average molecular weight is 474 g/mol. The molecule has 11 heteroatoms. The topological polar surface area (TPSA) is 115 Å². The number of anilines is 2. The van der Waals surface area contributed by atoms with Gasteiger partial charge in [0.15, 0.2) is 0 Å². The molecule has 2 aromatic carbocycles. The van der Waals surface area contributed by atoms with Crippen molar-refractivity contribution in [2.24, 2.45) is 0 Å². The molecule has 1 atom stereocenters. The van der Waals surface area contributed by atoms with E-state index in [1.165, 1.54) is 49.1 Å². The van der Waals surface area contributed by atoms with Crippen molar-refractivity contribution in [2.45, 2.75) is 19.1 Å². The summed E-state index contributed by atoms with van der Waals surface area (Å²) in [4.78, 5) is 36.6. The lowest BCUT2D eigenvalue weighted by Crippen LogP contribution is -2.28. The van der Waals surface area contributed by atoms with Gasteiger partial charge in [-0.1, -0.05) is 6.07 Å². The molecule has 0 saturated heterocycles. The summed E-state index contributed by atoms with van der Waals surface area (Å²) < 4.78 is 45.0. The molecule has 0 fully saturated rings. The SMILES string of the molecule is COC(=O)Nc1cccc(-n2cc(C(=O)N[C@H](C)c3cc(N)cc(C(F)(F)F)c3)ccc2=O)c1. The fourth-order valence-corrected chi connectivity index (χ4v) is 3.18. The van der Waals surface area contributed by atoms with Gasteiger partial charge in [-0.2, -0.15) is 13.2 Å². The smallest absolute Gasteiger partial charge is 0.416 e. The maximum atomic E-state index is 13.1. The molecular weight excluding hydrogens is 453 g/mol. The molecule has 3 rings (SSSR count). The van der Waals surface area contributed by atoms with Gasteiger partial charge in [-0.25, -0.2) is 4.79 Å². The predicted octanol–water partition coefficient (Wildman–Crippen LogP) is 4.11. The number of hydrogen-bond donors (Lipinski definition) is 3. The Hall–Kier alpha value is -4.28. The highest BCUT2D eigenvalue weighted by atomic mass is 19.4. The number of nitrogens with zero attached hydrogens (tertiary/aromatic N) is 1. The van der Waals surface area contributed by atoms with Crippen molar-refractivity contribution in [3.63, 3.8) is 0 Å². The quantitative estimate of drug-likeness (QED) is 0.482. The molecule has 1 aromatic heterocycles. The number of amides is 2. The molecule has 4 N–H and O–H groups in total. The fourth-order valence-electron chi connectivity index (χ4n) is 3.18. The molecule has 0 aliphatic heterocycles. The molecule has 3 aromatic rings. The molecule has 0 bridgehead atoms. The van der Waals surface area contributed by atoms with Gasteiger partial charge in [-0.15, -0.1) is 0 Å². The van der Waals surface area contributed by atoms with Gasteiger partial charge in [-0.3, -0.25) is 19.5 Å². The second-order valence-corrected chi connectivity index (χ2v) is 7.37. The van der Waals surface area contributed by atoms with Gasteiger partial charge < -0.3 is 15.8 Å². The molecule has 2 amide bonds. The standard InChI is InChI=1S/C23H21F3N4O4/c1-13(15-8-16(23(24,25)26)10-17(27)9-15)28-21(32)14-6-7-20(31)30(12-14)19-5-3-4-18(11-19)29-22(33)34-2/h3-13H,27H2,1-2H3,(H,28,32)(H,29,33)/t13-/m1/s1. The number of benzene rings is 2. The van der Waals surface area contributed by atoms with Crippen molar-refractivity contribution in [1.29, 1.82) is 0 Å². The van der Waals surface area contributed by atoms with Crippen LogP contribution in [0, 0.1) is 0 Å². The number of alkyl halides is 3. The highest BCUT2D eigenvalue weighted by Gasteiger charge is 2.31. The predicted molar refractivity (Wildman–Crippen MR) is 120 cm³/mol. The molecule has 0 unspecified atom stereocenters. The number of nitrogens with one attached hydrogen (secondary N) is 2. The summed E-state index contributed by atoms with van der Waals surface area (Å²) in [7, 11) is 1.21. The van der Waals surface area contributed by atoms with Gasteiger partial charge in [-0.05, 0) is 55.0 Å². The molecule has 0 radical (unpaired) electrons. The summed E-state index contributed by atoms with van der Waals surface area (Å²) >= 11 is 0. The first kappa shape index (κ1) is 24.4. The molecule has 8 nitrogen and oxygen atoms in total. The number of halogens is 3. The van der Waals surface area contributed by atoms with Crippen LogP contribution in [-0.4, -0.2) is 23.7 Å². The Balaban J connectivity index is 1.86. The lowest BCUT2D eigenvalue weighted by atomic mass is 10.0. The molecular formula is C23H21F3N4O4. The third-order valence-electron chi connectivity index (χ3n) is 4.88. The maximum absolute atomic E-state index is 13.1. The largest absolute Gasteiger partial charge is 0.453 e. The molecule has 34 heavy (non-hydrogen) atoms. The molecule has 0 spiro atoms. The summed E-state index contributed by atoms with van der Waals surface area (Å²) in [5, 5.41) is 5.09. The number of methoxy groups -OCH3 is 1. The van der Waals surface area contributed by atoms with E-state index in [9.17, 15) is 27.6 Å². The van der Waals surface area contributed by atoms with Crippen LogP contribution in [0.3, 0.4) is 0 Å². The monoisotopic (exact) mass is 474 g/mol. The summed E-state index contributed by atoms with van der Waals surface area (Å²) in [5.74, 6) is -0.610. The second-order valence-electron chi connectivity index (χ2n) is 7.37. The highest BCUT2D eigenvalue weighted by Crippen LogP contribution is 2.32. The van der Waals surface area contributed by atoms with Crippen LogP contribution in [0.2, 0.25) is 0 Å². The van der Waals surface area contributed by atoms with Crippen molar-refractivity contribution in [1.82, 2.24) is 9.88 Å². The Morgan fingerprint density at radius 2 is 1.82 bits per heavy atom. The Bertz CT molecular complexity index is 1290. The molecule has 0 aliphatic rings. The van der Waals surface area contributed by atoms with Gasteiger partial charge in [0.05, 0.1) is 30.0 Å². The fraction of sp³-hybridized carbons (Fsp3) is 0.174. The zero-order valence-electron chi connectivity index (χ0n) is 18.1. The number of aromatic nitrogens is 1. The van der Waals surface area contributed by atoms with Gasteiger partial charge in [0.2, 0.25) is 0 Å². The number of rotatable bonds is 5. The molecule has 0 saturated carbocycles. The number of carbonyl (C=O) groups excluding carboxylic acids is 2. The number of nitrogen functional groups attached to an aromatic ring is 1. The van der Waals surface area contributed by atoms with Crippen molar-refractivity contribution in [2.75, 3.05) is 18.2 Å². The van der Waals surface area contributed by atoms with E-state index in [0.717, 1.165) is 12.1 Å². The first-order chi connectivity index (χ1) is 16.0. The first-order valence-corrected chi connectivity index (χ1v) is 9.94. The lowest BCUT2D eigenvalue weighted by molar-refractivity contribution is -0.137. The second kappa shape index (κ2) is 9.69. The Morgan fingerprint density at radius 1 is 1.09 bits per heavy atom. The molecule has 178 valence electrons. The van der Waals surface area contributed by atoms with E-state index < -0.39 is 35.3 Å². The van der Waals surface area contributed by atoms with Crippen molar-refractivity contribution in [3.8, 4) is 5.69 Å². The lowest BCUT2D eigenvalue weighted by Gasteiger charge is -2.18. The number of nitrogens with two attached hydrogens (primary N) is 1. The van der Waals surface area contributed by atoms with E-state index in [2.05, 4.69) is 15.4 Å². The zero-order valence-corrected chi connectivity index (χ0v) is 18.1. The van der Waals surface area contributed by atoms with Gasteiger partial charge >= 0.3 is 12.3 Å². The normalized spacial score (nSPS) is 12.0. The van der Waals surface area contributed by atoms with Gasteiger partial charge in [0.1, 0.15) is 0 Å². The molecule has 1 heterocycles. The number of ether oxygens (including phenoxy) is 1. The molecule has 0 aliphatic carbocycles. The summed E-state index contributed by atoms with van der Waals surface area (Å²) in [6, 6.07) is 11.1. The van der Waals surface area contributed by atoms with E-state index in [0.29, 0.717) is 11.4 Å². The van der Waals surface area contributed by atoms with Crippen LogP contribution >= 0.6 is 0 Å². The summed E-state index contributed by atoms with van der Waals surface area (Å²) in [5.41, 5.74) is 5.16.